The summed E-state index contributed by atoms with van der Waals surface area (Å²) >= 11 is 31.1. The van der Waals surface area contributed by atoms with Gasteiger partial charge in [-0.3, -0.25) is 9.59 Å². The number of carbonyl (C=O) groups is 2. The molecule has 0 aliphatic heterocycles. The van der Waals surface area contributed by atoms with Crippen molar-refractivity contribution in [2.45, 2.75) is 15.7 Å². The summed E-state index contributed by atoms with van der Waals surface area (Å²) in [5, 5.41) is 1.60. The molecule has 1 saturated carbocycles. The maximum Gasteiger partial charge on any atom is 0.257 e. The van der Waals surface area contributed by atoms with Gasteiger partial charge in [-0.05, 0) is 47.5 Å². The molecule has 0 heterocycles. The number of benzene rings is 3. The van der Waals surface area contributed by atoms with Crippen LogP contribution in [0.2, 0.25) is 15.1 Å². The van der Waals surface area contributed by atoms with E-state index in [1.165, 1.54) is 30.3 Å². The molecule has 1 aliphatic rings. The van der Waals surface area contributed by atoms with Gasteiger partial charge in [0.2, 0.25) is 5.91 Å². The van der Waals surface area contributed by atoms with Crippen LogP contribution in [0.25, 0.3) is 0 Å². The Bertz CT molecular complexity index is 1380. The number of carbonyl (C=O) groups excluding carboxylic acids is 2. The van der Waals surface area contributed by atoms with Gasteiger partial charge in [-0.15, -0.1) is 0 Å². The topological polar surface area (TPSA) is 72.2 Å². The molecule has 0 saturated heterocycles. The molecule has 35 heavy (non-hydrogen) atoms. The second-order valence-corrected chi connectivity index (χ2v) is 10.4. The molecule has 1 fully saturated rings. The SMILES string of the molecule is NC(=O)C1(c2ccc(Cl)c(C(=O)Nc3ccc(F)cc3F)c2)C(c2cc(Cl)c(F)c(Cl)c2)C1(Cl)Cl. The number of amides is 2. The quantitative estimate of drug-likeness (QED) is 0.251. The lowest BCUT2D eigenvalue weighted by Crippen LogP contribution is -2.34. The number of anilines is 1. The molecule has 182 valence electrons. The molecular weight excluding hydrogens is 571 g/mol. The van der Waals surface area contributed by atoms with E-state index < -0.39 is 44.9 Å². The summed E-state index contributed by atoms with van der Waals surface area (Å²) in [5.74, 6) is -5.52. The van der Waals surface area contributed by atoms with E-state index >= 15 is 0 Å². The van der Waals surface area contributed by atoms with Crippen LogP contribution in [0.3, 0.4) is 0 Å². The van der Waals surface area contributed by atoms with Crippen molar-refractivity contribution in [2.24, 2.45) is 5.73 Å². The fourth-order valence-corrected chi connectivity index (χ4v) is 5.94. The van der Waals surface area contributed by atoms with Crippen molar-refractivity contribution in [3.8, 4) is 0 Å². The molecule has 4 rings (SSSR count). The molecule has 0 radical (unpaired) electrons. The number of rotatable bonds is 5. The lowest BCUT2D eigenvalue weighted by Gasteiger charge is -2.17. The molecule has 0 bridgehead atoms. The third kappa shape index (κ3) is 4.13. The molecule has 2 atom stereocenters. The predicted molar refractivity (Wildman–Crippen MR) is 130 cm³/mol. The third-order valence-electron chi connectivity index (χ3n) is 5.81. The van der Waals surface area contributed by atoms with Gasteiger partial charge in [-0.25, -0.2) is 13.2 Å². The average Bonchev–Trinajstić information content (AvgIpc) is 3.31. The van der Waals surface area contributed by atoms with Gasteiger partial charge in [0.25, 0.3) is 5.91 Å². The van der Waals surface area contributed by atoms with Crippen molar-refractivity contribution < 1.29 is 22.8 Å². The van der Waals surface area contributed by atoms with E-state index in [2.05, 4.69) is 5.32 Å². The van der Waals surface area contributed by atoms with Gasteiger partial charge in [0.15, 0.2) is 5.82 Å². The average molecular weight is 583 g/mol. The van der Waals surface area contributed by atoms with Crippen LogP contribution in [0.4, 0.5) is 18.9 Å². The largest absolute Gasteiger partial charge is 0.369 e. The first-order valence-electron chi connectivity index (χ1n) is 9.71. The minimum absolute atomic E-state index is 0.0480. The first-order chi connectivity index (χ1) is 16.3. The normalized spacial score (nSPS) is 20.4. The van der Waals surface area contributed by atoms with Crippen LogP contribution in [0, 0.1) is 17.5 Å². The van der Waals surface area contributed by atoms with Crippen LogP contribution in [0.1, 0.15) is 27.4 Å². The summed E-state index contributed by atoms with van der Waals surface area (Å²) in [4.78, 5) is 25.6. The molecule has 2 unspecified atom stereocenters. The zero-order valence-electron chi connectivity index (χ0n) is 17.1. The van der Waals surface area contributed by atoms with E-state index in [9.17, 15) is 22.8 Å². The minimum Gasteiger partial charge on any atom is -0.369 e. The minimum atomic E-state index is -1.83. The molecule has 1 aliphatic carbocycles. The van der Waals surface area contributed by atoms with Gasteiger partial charge >= 0.3 is 0 Å². The van der Waals surface area contributed by atoms with Crippen LogP contribution < -0.4 is 11.1 Å². The number of alkyl halides is 2. The molecule has 12 heteroatoms. The summed E-state index contributed by atoms with van der Waals surface area (Å²) in [6.07, 6.45) is 0. The molecule has 0 aromatic heterocycles. The molecule has 4 nitrogen and oxygen atoms in total. The van der Waals surface area contributed by atoms with E-state index in [1.807, 2.05) is 0 Å². The van der Waals surface area contributed by atoms with Crippen LogP contribution >= 0.6 is 58.0 Å². The zero-order chi connectivity index (χ0) is 25.9. The summed E-state index contributed by atoms with van der Waals surface area (Å²) in [6, 6.07) is 8.97. The van der Waals surface area contributed by atoms with E-state index in [1.54, 1.807) is 0 Å². The fourth-order valence-electron chi connectivity index (χ4n) is 4.14. The lowest BCUT2D eigenvalue weighted by molar-refractivity contribution is -0.120. The van der Waals surface area contributed by atoms with Crippen LogP contribution in [-0.2, 0) is 10.2 Å². The first-order valence-corrected chi connectivity index (χ1v) is 11.6. The Balaban J connectivity index is 1.79. The smallest absolute Gasteiger partial charge is 0.257 e. The lowest BCUT2D eigenvalue weighted by atomic mass is 9.88. The Morgan fingerprint density at radius 3 is 2.09 bits per heavy atom. The van der Waals surface area contributed by atoms with Crippen LogP contribution in [-0.4, -0.2) is 16.1 Å². The number of hydrogen-bond acceptors (Lipinski definition) is 2. The van der Waals surface area contributed by atoms with E-state index in [0.29, 0.717) is 6.07 Å². The van der Waals surface area contributed by atoms with Gasteiger partial charge in [-0.2, -0.15) is 0 Å². The van der Waals surface area contributed by atoms with Gasteiger partial charge in [0.1, 0.15) is 21.4 Å². The van der Waals surface area contributed by atoms with Crippen molar-refractivity contribution in [3.63, 3.8) is 0 Å². The monoisotopic (exact) mass is 580 g/mol. The van der Waals surface area contributed by atoms with Crippen molar-refractivity contribution in [1.82, 2.24) is 0 Å². The van der Waals surface area contributed by atoms with Crippen LogP contribution in [0.5, 0.6) is 0 Å². The third-order valence-corrected chi connectivity index (χ3v) is 7.72. The molecule has 3 N–H and O–H groups in total. The summed E-state index contributed by atoms with van der Waals surface area (Å²) < 4.78 is 39.3. The number of hydrogen-bond donors (Lipinski definition) is 2. The highest BCUT2D eigenvalue weighted by Crippen LogP contribution is 2.74. The van der Waals surface area contributed by atoms with Gasteiger partial charge in [-0.1, -0.05) is 64.1 Å². The van der Waals surface area contributed by atoms with E-state index in [4.69, 9.17) is 63.7 Å². The van der Waals surface area contributed by atoms with Gasteiger partial charge in [0, 0.05) is 12.0 Å². The summed E-state index contributed by atoms with van der Waals surface area (Å²) in [7, 11) is 0. The molecular formula is C23H12Cl5F3N2O2. The number of nitrogens with two attached hydrogens (primary N) is 1. The number of halogens is 8. The Morgan fingerprint density at radius 1 is 0.886 bits per heavy atom. The Labute approximate surface area is 222 Å². The molecule has 0 spiro atoms. The zero-order valence-corrected chi connectivity index (χ0v) is 20.9. The molecule has 3 aromatic carbocycles. The van der Waals surface area contributed by atoms with E-state index in [-0.39, 0.29) is 37.4 Å². The maximum absolute atomic E-state index is 14.0. The standard InChI is InChI=1S/C23H12Cl5F3N2O2/c24-13-3-1-10(7-12(13)20(34)33-17-4-2-11(29)8-16(17)30)22(21(32)35)19(23(22,27)28)9-5-14(25)18(31)15(26)6-9/h1-8,19H,(H2,32,35)(H,33,34). The van der Waals surface area contributed by atoms with Crippen molar-refractivity contribution in [2.75, 3.05) is 5.32 Å². The van der Waals surface area contributed by atoms with Gasteiger partial charge in [0.05, 0.1) is 26.3 Å². The van der Waals surface area contributed by atoms with Crippen molar-refractivity contribution >= 4 is 75.5 Å². The second-order valence-electron chi connectivity index (χ2n) is 7.80. The maximum atomic E-state index is 14.0. The van der Waals surface area contributed by atoms with Gasteiger partial charge < -0.3 is 11.1 Å². The Morgan fingerprint density at radius 2 is 1.51 bits per heavy atom. The Kier molecular flexibility index (Phi) is 6.70. The van der Waals surface area contributed by atoms with Crippen LogP contribution in [0.15, 0.2) is 48.5 Å². The van der Waals surface area contributed by atoms with Crippen molar-refractivity contribution in [1.29, 1.82) is 0 Å². The highest BCUT2D eigenvalue weighted by atomic mass is 35.5. The number of primary amides is 1. The second kappa shape index (κ2) is 9.05. The highest BCUT2D eigenvalue weighted by Gasteiger charge is 2.80. The molecule has 3 aromatic rings. The first kappa shape index (κ1) is 25.9. The summed E-state index contributed by atoms with van der Waals surface area (Å²) in [5.41, 5.74) is 3.84. The predicted octanol–water partition coefficient (Wildman–Crippen LogP) is 7.01. The van der Waals surface area contributed by atoms with E-state index in [0.717, 1.165) is 12.1 Å². The number of nitrogens with one attached hydrogen (secondary N) is 1. The Hall–Kier alpha value is -2.16. The highest BCUT2D eigenvalue weighted by molar-refractivity contribution is 6.55. The summed E-state index contributed by atoms with van der Waals surface area (Å²) in [6.45, 7) is 0. The van der Waals surface area contributed by atoms with Crippen molar-refractivity contribution in [3.05, 3.63) is 97.7 Å². The molecule has 2 amide bonds. The fraction of sp³-hybridized carbons (Fsp3) is 0.130.